The first-order valence-electron chi connectivity index (χ1n) is 6.29. The van der Waals surface area contributed by atoms with Crippen LogP contribution >= 0.6 is 0 Å². The van der Waals surface area contributed by atoms with Gasteiger partial charge in [0.2, 0.25) is 6.41 Å². The van der Waals surface area contributed by atoms with Gasteiger partial charge < -0.3 is 4.90 Å². The van der Waals surface area contributed by atoms with Crippen molar-refractivity contribution >= 4 is 12.2 Å². The minimum absolute atomic E-state index is 0.188. The van der Waals surface area contributed by atoms with E-state index < -0.39 is 0 Å². The van der Waals surface area contributed by atoms with Crippen LogP contribution < -0.4 is 0 Å². The molecule has 0 atom stereocenters. The van der Waals surface area contributed by atoms with E-state index >= 15 is 0 Å². The number of Topliss-reactive ketones (excluding diaryl/α,β-unsaturated/α-hetero) is 1. The highest BCUT2D eigenvalue weighted by Crippen LogP contribution is 2.06. The van der Waals surface area contributed by atoms with Gasteiger partial charge in [-0.05, 0) is 0 Å². The molecule has 96 valence electrons. The van der Waals surface area contributed by atoms with Crippen LogP contribution in [0.1, 0.15) is 16.8 Å². The monoisotopic (exact) mass is 246 g/mol. The Morgan fingerprint density at radius 2 is 1.78 bits per heavy atom. The Bertz CT molecular complexity index is 398. The van der Waals surface area contributed by atoms with Crippen molar-refractivity contribution in [2.45, 2.75) is 6.42 Å². The molecular formula is C14H18N2O2. The second-order valence-corrected chi connectivity index (χ2v) is 4.52. The second kappa shape index (κ2) is 6.31. The third kappa shape index (κ3) is 3.40. The van der Waals surface area contributed by atoms with Gasteiger partial charge in [0.05, 0.1) is 0 Å². The molecule has 0 bridgehead atoms. The average Bonchev–Trinajstić information content (AvgIpc) is 2.46. The molecule has 4 heteroatoms. The summed E-state index contributed by atoms with van der Waals surface area (Å²) < 4.78 is 0. The smallest absolute Gasteiger partial charge is 0.209 e. The molecule has 1 fully saturated rings. The number of rotatable bonds is 5. The van der Waals surface area contributed by atoms with Crippen LogP contribution in [-0.2, 0) is 4.79 Å². The maximum Gasteiger partial charge on any atom is 0.209 e. The lowest BCUT2D eigenvalue weighted by molar-refractivity contribution is -0.119. The standard InChI is InChI=1S/C14H18N2O2/c17-12-16-10-8-15(9-11-16)7-6-14(18)13-4-2-1-3-5-13/h1-5,12H,6-11H2. The van der Waals surface area contributed by atoms with E-state index in [9.17, 15) is 9.59 Å². The second-order valence-electron chi connectivity index (χ2n) is 4.52. The molecule has 1 heterocycles. The highest BCUT2D eigenvalue weighted by Gasteiger charge is 2.16. The van der Waals surface area contributed by atoms with Gasteiger partial charge >= 0.3 is 0 Å². The fraction of sp³-hybridized carbons (Fsp3) is 0.429. The van der Waals surface area contributed by atoms with Crippen LogP contribution in [0.2, 0.25) is 0 Å². The van der Waals surface area contributed by atoms with Gasteiger partial charge in [0.25, 0.3) is 0 Å². The summed E-state index contributed by atoms with van der Waals surface area (Å²) >= 11 is 0. The van der Waals surface area contributed by atoms with Crippen molar-refractivity contribution in [3.63, 3.8) is 0 Å². The molecule has 1 aromatic carbocycles. The molecule has 0 spiro atoms. The molecule has 4 nitrogen and oxygen atoms in total. The Balaban J connectivity index is 1.76. The molecular weight excluding hydrogens is 228 g/mol. The van der Waals surface area contributed by atoms with Gasteiger partial charge in [0.15, 0.2) is 5.78 Å². The summed E-state index contributed by atoms with van der Waals surface area (Å²) in [6.45, 7) is 4.04. The summed E-state index contributed by atoms with van der Waals surface area (Å²) in [5.74, 6) is 0.188. The van der Waals surface area contributed by atoms with Gasteiger partial charge in [0.1, 0.15) is 0 Å². The van der Waals surface area contributed by atoms with E-state index in [1.54, 1.807) is 4.90 Å². The number of carbonyl (C=O) groups is 2. The van der Waals surface area contributed by atoms with Gasteiger partial charge in [-0.15, -0.1) is 0 Å². The third-order valence-electron chi connectivity index (χ3n) is 3.31. The zero-order valence-electron chi connectivity index (χ0n) is 10.4. The van der Waals surface area contributed by atoms with Crippen LogP contribution in [0.15, 0.2) is 30.3 Å². The van der Waals surface area contributed by atoms with Gasteiger partial charge in [0, 0.05) is 44.7 Å². The van der Waals surface area contributed by atoms with Crippen molar-refractivity contribution in [2.24, 2.45) is 0 Å². The van der Waals surface area contributed by atoms with E-state index in [1.165, 1.54) is 0 Å². The lowest BCUT2D eigenvalue weighted by Crippen LogP contribution is -2.46. The first kappa shape index (κ1) is 12.8. The molecule has 1 amide bonds. The van der Waals surface area contributed by atoms with Gasteiger partial charge in [-0.25, -0.2) is 0 Å². The SMILES string of the molecule is O=CN1CCN(CCC(=O)c2ccccc2)CC1. The lowest BCUT2D eigenvalue weighted by atomic mass is 10.1. The molecule has 0 aliphatic carbocycles. The molecule has 0 unspecified atom stereocenters. The maximum atomic E-state index is 11.9. The largest absolute Gasteiger partial charge is 0.343 e. The zero-order valence-corrected chi connectivity index (χ0v) is 10.4. The van der Waals surface area contributed by atoms with Crippen molar-refractivity contribution in [1.82, 2.24) is 9.80 Å². The number of benzene rings is 1. The third-order valence-corrected chi connectivity index (χ3v) is 3.31. The van der Waals surface area contributed by atoms with Crippen molar-refractivity contribution < 1.29 is 9.59 Å². The van der Waals surface area contributed by atoms with Crippen molar-refractivity contribution in [1.29, 1.82) is 0 Å². The molecule has 0 N–H and O–H groups in total. The summed E-state index contributed by atoms with van der Waals surface area (Å²) in [6, 6.07) is 9.39. The van der Waals surface area contributed by atoms with Crippen molar-refractivity contribution in [2.75, 3.05) is 32.7 Å². The molecule has 18 heavy (non-hydrogen) atoms. The van der Waals surface area contributed by atoms with E-state index in [0.717, 1.165) is 44.7 Å². The van der Waals surface area contributed by atoms with Crippen LogP contribution in [0.3, 0.4) is 0 Å². The summed E-state index contributed by atoms with van der Waals surface area (Å²) in [4.78, 5) is 26.5. The first-order chi connectivity index (χ1) is 8.79. The fourth-order valence-electron chi connectivity index (χ4n) is 2.12. The van der Waals surface area contributed by atoms with Crippen molar-refractivity contribution in [3.8, 4) is 0 Å². The molecule has 0 aromatic heterocycles. The number of piperazine rings is 1. The van der Waals surface area contributed by atoms with Crippen LogP contribution in [0, 0.1) is 0 Å². The van der Waals surface area contributed by atoms with E-state index in [4.69, 9.17) is 0 Å². The van der Waals surface area contributed by atoms with E-state index in [2.05, 4.69) is 4.90 Å². The van der Waals surface area contributed by atoms with Crippen LogP contribution in [0.4, 0.5) is 0 Å². The normalized spacial score (nSPS) is 16.6. The number of ketones is 1. The minimum atomic E-state index is 0.188. The van der Waals surface area contributed by atoms with Gasteiger partial charge in [-0.2, -0.15) is 0 Å². The molecule has 0 saturated carbocycles. The Morgan fingerprint density at radius 3 is 2.39 bits per heavy atom. The van der Waals surface area contributed by atoms with Crippen LogP contribution in [-0.4, -0.2) is 54.7 Å². The molecule has 1 saturated heterocycles. The summed E-state index contributed by atoms with van der Waals surface area (Å²) in [5.41, 5.74) is 0.782. The van der Waals surface area contributed by atoms with Gasteiger partial charge in [-0.1, -0.05) is 30.3 Å². The predicted octanol–water partition coefficient (Wildman–Crippen LogP) is 1.03. The van der Waals surface area contributed by atoms with E-state index in [-0.39, 0.29) is 5.78 Å². The highest BCUT2D eigenvalue weighted by atomic mass is 16.1. The van der Waals surface area contributed by atoms with Crippen molar-refractivity contribution in [3.05, 3.63) is 35.9 Å². The average molecular weight is 246 g/mol. The summed E-state index contributed by atoms with van der Waals surface area (Å²) in [7, 11) is 0. The highest BCUT2D eigenvalue weighted by molar-refractivity contribution is 5.96. The Morgan fingerprint density at radius 1 is 1.11 bits per heavy atom. The number of amides is 1. The Labute approximate surface area is 107 Å². The summed E-state index contributed by atoms with van der Waals surface area (Å²) in [5, 5.41) is 0. The summed E-state index contributed by atoms with van der Waals surface area (Å²) in [6.07, 6.45) is 1.44. The predicted molar refractivity (Wildman–Crippen MR) is 69.5 cm³/mol. The number of carbonyl (C=O) groups excluding carboxylic acids is 2. The van der Waals surface area contributed by atoms with Gasteiger partial charge in [-0.3, -0.25) is 14.5 Å². The lowest BCUT2D eigenvalue weighted by Gasteiger charge is -2.32. The number of hydrogen-bond donors (Lipinski definition) is 0. The molecule has 0 radical (unpaired) electrons. The molecule has 1 aromatic rings. The quantitative estimate of drug-likeness (QED) is 0.575. The first-order valence-corrected chi connectivity index (χ1v) is 6.29. The molecule has 2 rings (SSSR count). The molecule has 1 aliphatic rings. The number of hydrogen-bond acceptors (Lipinski definition) is 3. The topological polar surface area (TPSA) is 40.6 Å². The van der Waals surface area contributed by atoms with E-state index in [0.29, 0.717) is 6.42 Å². The van der Waals surface area contributed by atoms with Crippen LogP contribution in [0.5, 0.6) is 0 Å². The molecule has 1 aliphatic heterocycles. The minimum Gasteiger partial charge on any atom is -0.343 e. The Hall–Kier alpha value is -1.68. The van der Waals surface area contributed by atoms with Crippen LogP contribution in [0.25, 0.3) is 0 Å². The maximum absolute atomic E-state index is 11.9. The number of nitrogens with zero attached hydrogens (tertiary/aromatic N) is 2. The fourth-order valence-corrected chi connectivity index (χ4v) is 2.12. The van der Waals surface area contributed by atoms with E-state index in [1.807, 2.05) is 30.3 Å². The Kier molecular flexibility index (Phi) is 4.47. The zero-order chi connectivity index (χ0) is 12.8.